The number of benzene rings is 1. The molecule has 7 nitrogen and oxygen atoms in total. The van der Waals surface area contributed by atoms with E-state index >= 15 is 0 Å². The van der Waals surface area contributed by atoms with Crippen LogP contribution in [0, 0.1) is 13.5 Å². The molecule has 1 atom stereocenters. The van der Waals surface area contributed by atoms with E-state index in [-0.39, 0.29) is 24.1 Å². The minimum Gasteiger partial charge on any atom is -0.466 e. The smallest absolute Gasteiger partial charge is 0.306 e. The SMILES string of the molecule is [C-]#[N+]c1ccc(-n2c(C)c(C(=O)CN3CCCCC3)c3ncc([C@H](C)CC(=O)OCC)cc32)cc1. The van der Waals surface area contributed by atoms with Crippen LogP contribution in [0.1, 0.15) is 67.1 Å². The summed E-state index contributed by atoms with van der Waals surface area (Å²) >= 11 is 0. The first-order valence-electron chi connectivity index (χ1n) is 12.3. The van der Waals surface area contributed by atoms with Gasteiger partial charge in [0.2, 0.25) is 0 Å². The highest BCUT2D eigenvalue weighted by Crippen LogP contribution is 2.32. The number of nitrogens with zero attached hydrogens (tertiary/aromatic N) is 4. The molecule has 1 aromatic carbocycles. The molecule has 1 saturated heterocycles. The van der Waals surface area contributed by atoms with Gasteiger partial charge in [0.25, 0.3) is 0 Å². The molecule has 1 aliphatic heterocycles. The molecule has 3 aromatic rings. The lowest BCUT2D eigenvalue weighted by Crippen LogP contribution is -2.34. The average molecular weight is 473 g/mol. The van der Waals surface area contributed by atoms with E-state index < -0.39 is 0 Å². The van der Waals surface area contributed by atoms with Gasteiger partial charge in [0, 0.05) is 17.6 Å². The molecule has 2 aromatic heterocycles. The topological polar surface area (TPSA) is 68.8 Å². The van der Waals surface area contributed by atoms with Crippen molar-refractivity contribution in [3.8, 4) is 5.69 Å². The van der Waals surface area contributed by atoms with Crippen molar-refractivity contribution in [1.29, 1.82) is 0 Å². The summed E-state index contributed by atoms with van der Waals surface area (Å²) in [6.07, 6.45) is 5.51. The van der Waals surface area contributed by atoms with Gasteiger partial charge in [-0.3, -0.25) is 19.5 Å². The normalized spacial score (nSPS) is 15.0. The van der Waals surface area contributed by atoms with Crippen molar-refractivity contribution >= 4 is 28.5 Å². The fraction of sp³-hybridized carbons (Fsp3) is 0.429. The number of piperidine rings is 1. The number of hydrogen-bond donors (Lipinski definition) is 0. The van der Waals surface area contributed by atoms with Gasteiger partial charge >= 0.3 is 5.97 Å². The molecule has 1 aliphatic rings. The molecular formula is C28H32N4O3. The lowest BCUT2D eigenvalue weighted by Gasteiger charge is -2.25. The number of ether oxygens (including phenoxy) is 1. The van der Waals surface area contributed by atoms with Gasteiger partial charge in [-0.2, -0.15) is 0 Å². The van der Waals surface area contributed by atoms with E-state index in [4.69, 9.17) is 16.3 Å². The van der Waals surface area contributed by atoms with Crippen LogP contribution in [-0.2, 0) is 9.53 Å². The molecule has 0 aliphatic carbocycles. The number of pyridine rings is 1. The number of hydrogen-bond acceptors (Lipinski definition) is 5. The van der Waals surface area contributed by atoms with Crippen molar-refractivity contribution in [3.05, 3.63) is 64.8 Å². The Morgan fingerprint density at radius 1 is 1.17 bits per heavy atom. The molecule has 182 valence electrons. The summed E-state index contributed by atoms with van der Waals surface area (Å²) in [6, 6.07) is 9.38. The second-order valence-electron chi connectivity index (χ2n) is 9.23. The van der Waals surface area contributed by atoms with E-state index in [1.54, 1.807) is 25.3 Å². The Hall–Kier alpha value is -3.50. The Balaban J connectivity index is 1.78. The van der Waals surface area contributed by atoms with Gasteiger partial charge in [0.05, 0.1) is 42.7 Å². The lowest BCUT2D eigenvalue weighted by molar-refractivity contribution is -0.143. The van der Waals surface area contributed by atoms with E-state index in [1.165, 1.54) is 6.42 Å². The van der Waals surface area contributed by atoms with Crippen LogP contribution in [0.15, 0.2) is 36.5 Å². The van der Waals surface area contributed by atoms with Crippen LogP contribution < -0.4 is 0 Å². The number of carbonyl (C=O) groups excluding carboxylic acids is 2. The molecule has 0 spiro atoms. The van der Waals surface area contributed by atoms with Gasteiger partial charge in [-0.1, -0.05) is 25.5 Å². The molecule has 0 radical (unpaired) electrons. The van der Waals surface area contributed by atoms with Gasteiger partial charge in [-0.05, 0) is 69.5 Å². The number of Topliss-reactive ketones (excluding diaryl/α,β-unsaturated/α-hetero) is 1. The number of likely N-dealkylation sites (tertiary alicyclic amines) is 1. The zero-order chi connectivity index (χ0) is 24.9. The standard InChI is InChI=1S/C28H32N4O3/c1-5-35-26(34)15-19(2)21-16-24-28(30-17-21)27(25(33)18-31-13-7-6-8-14-31)20(3)32(24)23-11-9-22(29-4)10-12-23/h9-12,16-17,19H,5-8,13-15,18H2,1-3H3/t19-/m1/s1. The van der Waals surface area contributed by atoms with Crippen LogP contribution >= 0.6 is 0 Å². The summed E-state index contributed by atoms with van der Waals surface area (Å²) in [5, 5.41) is 0. The highest BCUT2D eigenvalue weighted by molar-refractivity contribution is 6.09. The quantitative estimate of drug-likeness (QED) is 0.242. The summed E-state index contributed by atoms with van der Waals surface area (Å²) in [5.41, 5.74) is 5.32. The number of aromatic nitrogens is 2. The molecule has 4 rings (SSSR count). The van der Waals surface area contributed by atoms with Crippen molar-refractivity contribution in [1.82, 2.24) is 14.5 Å². The number of ketones is 1. The van der Waals surface area contributed by atoms with Crippen molar-refractivity contribution in [2.75, 3.05) is 26.2 Å². The molecular weight excluding hydrogens is 440 g/mol. The van der Waals surface area contributed by atoms with Gasteiger partial charge < -0.3 is 9.30 Å². The highest BCUT2D eigenvalue weighted by atomic mass is 16.5. The second kappa shape index (κ2) is 10.8. The molecule has 0 saturated carbocycles. The van der Waals surface area contributed by atoms with E-state index in [2.05, 4.69) is 9.74 Å². The van der Waals surface area contributed by atoms with Gasteiger partial charge in [-0.15, -0.1) is 0 Å². The third-order valence-electron chi connectivity index (χ3n) is 6.74. The summed E-state index contributed by atoms with van der Waals surface area (Å²) in [4.78, 5) is 36.1. The van der Waals surface area contributed by atoms with Crippen LogP contribution in [0.3, 0.4) is 0 Å². The minimum atomic E-state index is -0.237. The van der Waals surface area contributed by atoms with E-state index in [1.807, 2.05) is 36.6 Å². The largest absolute Gasteiger partial charge is 0.466 e. The molecule has 7 heteroatoms. The fourth-order valence-corrected chi connectivity index (χ4v) is 4.90. The summed E-state index contributed by atoms with van der Waals surface area (Å²) in [7, 11) is 0. The molecule has 35 heavy (non-hydrogen) atoms. The molecule has 0 bridgehead atoms. The first-order valence-corrected chi connectivity index (χ1v) is 12.3. The van der Waals surface area contributed by atoms with Gasteiger partial charge in [0.1, 0.15) is 0 Å². The van der Waals surface area contributed by atoms with Crippen LogP contribution in [0.2, 0.25) is 0 Å². The third kappa shape index (κ3) is 5.28. The first kappa shape index (κ1) is 24.6. The van der Waals surface area contributed by atoms with Crippen molar-refractivity contribution in [2.45, 2.75) is 52.4 Å². The third-order valence-corrected chi connectivity index (χ3v) is 6.74. The van der Waals surface area contributed by atoms with Crippen molar-refractivity contribution < 1.29 is 14.3 Å². The van der Waals surface area contributed by atoms with Crippen LogP contribution in [0.5, 0.6) is 0 Å². The van der Waals surface area contributed by atoms with Crippen LogP contribution in [0.25, 0.3) is 21.6 Å². The Morgan fingerprint density at radius 2 is 1.89 bits per heavy atom. The summed E-state index contributed by atoms with van der Waals surface area (Å²) in [5.74, 6) is -0.240. The number of rotatable bonds is 8. The maximum absolute atomic E-state index is 13.5. The Morgan fingerprint density at radius 3 is 2.54 bits per heavy atom. The Bertz CT molecular complexity index is 1260. The first-order chi connectivity index (χ1) is 16.9. The van der Waals surface area contributed by atoms with E-state index in [0.717, 1.165) is 48.4 Å². The van der Waals surface area contributed by atoms with E-state index in [9.17, 15) is 9.59 Å². The number of carbonyl (C=O) groups is 2. The predicted molar refractivity (Wildman–Crippen MR) is 136 cm³/mol. The maximum atomic E-state index is 13.5. The fourth-order valence-electron chi connectivity index (χ4n) is 4.90. The number of esters is 1. The lowest BCUT2D eigenvalue weighted by atomic mass is 9.99. The molecule has 3 heterocycles. The molecule has 0 unspecified atom stereocenters. The maximum Gasteiger partial charge on any atom is 0.306 e. The Kier molecular flexibility index (Phi) is 7.62. The Labute approximate surface area is 206 Å². The van der Waals surface area contributed by atoms with Crippen LogP contribution in [0.4, 0.5) is 5.69 Å². The van der Waals surface area contributed by atoms with Crippen molar-refractivity contribution in [2.24, 2.45) is 0 Å². The summed E-state index contributed by atoms with van der Waals surface area (Å²) < 4.78 is 7.17. The number of fused-ring (bicyclic) bond motifs is 1. The van der Waals surface area contributed by atoms with E-state index in [0.29, 0.717) is 29.9 Å². The zero-order valence-electron chi connectivity index (χ0n) is 20.7. The van der Waals surface area contributed by atoms with Gasteiger partial charge in [-0.25, -0.2) is 4.85 Å². The minimum absolute atomic E-state index is 0.0748. The van der Waals surface area contributed by atoms with Crippen LogP contribution in [-0.4, -0.2) is 52.4 Å². The second-order valence-corrected chi connectivity index (χ2v) is 9.23. The zero-order valence-corrected chi connectivity index (χ0v) is 20.7. The predicted octanol–water partition coefficient (Wildman–Crippen LogP) is 5.61. The monoisotopic (exact) mass is 472 g/mol. The van der Waals surface area contributed by atoms with Gasteiger partial charge in [0.15, 0.2) is 11.5 Å². The summed E-state index contributed by atoms with van der Waals surface area (Å²) in [6.45, 7) is 15.6. The molecule has 0 N–H and O–H groups in total. The van der Waals surface area contributed by atoms with Crippen molar-refractivity contribution in [3.63, 3.8) is 0 Å². The highest BCUT2D eigenvalue weighted by Gasteiger charge is 2.25. The average Bonchev–Trinajstić information content (AvgIpc) is 3.15. The molecule has 1 fully saturated rings. The molecule has 0 amide bonds.